The highest BCUT2D eigenvalue weighted by molar-refractivity contribution is 6.35. The zero-order valence-electron chi connectivity index (χ0n) is 10.2. The summed E-state index contributed by atoms with van der Waals surface area (Å²) in [5.41, 5.74) is -0.245. The Morgan fingerprint density at radius 1 is 0.905 bits per heavy atom. The largest absolute Gasteiger partial charge is 0.350 e. The van der Waals surface area contributed by atoms with Crippen LogP contribution in [0, 0.1) is 20.2 Å². The number of hydrogen-bond donors (Lipinski definition) is 1. The topological polar surface area (TPSA) is 98.3 Å². The molecule has 21 heavy (non-hydrogen) atoms. The molecule has 0 bridgehead atoms. The maximum absolute atomic E-state index is 11.0. The summed E-state index contributed by atoms with van der Waals surface area (Å²) >= 11 is 11.7. The summed E-state index contributed by atoms with van der Waals surface area (Å²) < 4.78 is 0. The first kappa shape index (κ1) is 15.0. The van der Waals surface area contributed by atoms with Crippen LogP contribution in [0.15, 0.2) is 36.4 Å². The van der Waals surface area contributed by atoms with E-state index in [4.69, 9.17) is 23.2 Å². The lowest BCUT2D eigenvalue weighted by molar-refractivity contribution is -0.393. The average Bonchev–Trinajstić information content (AvgIpc) is 2.37. The Morgan fingerprint density at radius 2 is 1.52 bits per heavy atom. The molecule has 0 amide bonds. The minimum absolute atomic E-state index is 0.101. The van der Waals surface area contributed by atoms with Crippen molar-refractivity contribution >= 4 is 46.0 Å². The standard InChI is InChI=1S/C12H7Cl2N3O4/c13-7-3-8(14)5-9(4-7)15-11-2-1-10(16(18)19)6-12(11)17(20)21/h1-6,15H. The molecule has 2 aromatic rings. The maximum Gasteiger partial charge on any atom is 0.299 e. The van der Waals surface area contributed by atoms with Crippen LogP contribution in [-0.4, -0.2) is 9.85 Å². The molecule has 7 nitrogen and oxygen atoms in total. The third-order valence-electron chi connectivity index (χ3n) is 2.53. The molecule has 1 N–H and O–H groups in total. The number of nitro benzene ring substituents is 2. The van der Waals surface area contributed by atoms with Crippen LogP contribution < -0.4 is 5.32 Å². The van der Waals surface area contributed by atoms with Crippen molar-refractivity contribution in [1.82, 2.24) is 0 Å². The highest BCUT2D eigenvalue weighted by Crippen LogP contribution is 2.32. The van der Waals surface area contributed by atoms with Crippen molar-refractivity contribution < 1.29 is 9.85 Å². The zero-order chi connectivity index (χ0) is 15.6. The second-order valence-electron chi connectivity index (χ2n) is 4.00. The summed E-state index contributed by atoms with van der Waals surface area (Å²) in [4.78, 5) is 20.3. The molecule has 0 aliphatic heterocycles. The number of nitro groups is 2. The third-order valence-corrected chi connectivity index (χ3v) is 2.97. The molecule has 0 heterocycles. The second-order valence-corrected chi connectivity index (χ2v) is 4.87. The van der Waals surface area contributed by atoms with Crippen molar-refractivity contribution in [3.05, 3.63) is 66.7 Å². The second kappa shape index (κ2) is 5.94. The fraction of sp³-hybridized carbons (Fsp3) is 0. The summed E-state index contributed by atoms with van der Waals surface area (Å²) in [5, 5.41) is 25.2. The molecule has 0 saturated carbocycles. The number of rotatable bonds is 4. The van der Waals surface area contributed by atoms with E-state index in [2.05, 4.69) is 5.32 Å². The monoisotopic (exact) mass is 327 g/mol. The molecule has 0 radical (unpaired) electrons. The predicted molar refractivity (Wildman–Crippen MR) is 79.5 cm³/mol. The number of hydrogen-bond acceptors (Lipinski definition) is 5. The Balaban J connectivity index is 2.43. The van der Waals surface area contributed by atoms with E-state index in [1.165, 1.54) is 30.3 Å². The van der Waals surface area contributed by atoms with Gasteiger partial charge in [0.05, 0.1) is 15.9 Å². The van der Waals surface area contributed by atoms with Gasteiger partial charge < -0.3 is 5.32 Å². The molecule has 0 saturated heterocycles. The smallest absolute Gasteiger partial charge is 0.299 e. The molecule has 0 spiro atoms. The van der Waals surface area contributed by atoms with Gasteiger partial charge in [-0.3, -0.25) is 20.2 Å². The minimum Gasteiger partial charge on any atom is -0.350 e. The molecular weight excluding hydrogens is 321 g/mol. The first-order chi connectivity index (χ1) is 9.86. The molecule has 0 aliphatic rings. The van der Waals surface area contributed by atoms with Gasteiger partial charge in [0.15, 0.2) is 0 Å². The Kier molecular flexibility index (Phi) is 4.25. The van der Waals surface area contributed by atoms with Gasteiger partial charge in [-0.2, -0.15) is 0 Å². The van der Waals surface area contributed by atoms with Crippen molar-refractivity contribution in [2.45, 2.75) is 0 Å². The van der Waals surface area contributed by atoms with E-state index in [1.54, 1.807) is 0 Å². The first-order valence-corrected chi connectivity index (χ1v) is 6.28. The molecule has 0 aliphatic carbocycles. The van der Waals surface area contributed by atoms with Crippen molar-refractivity contribution in [3.63, 3.8) is 0 Å². The van der Waals surface area contributed by atoms with Gasteiger partial charge in [-0.15, -0.1) is 0 Å². The Labute approximate surface area is 128 Å². The van der Waals surface area contributed by atoms with Crippen LogP contribution in [0.3, 0.4) is 0 Å². The lowest BCUT2D eigenvalue weighted by Crippen LogP contribution is -1.98. The summed E-state index contributed by atoms with van der Waals surface area (Å²) in [7, 11) is 0. The number of anilines is 2. The fourth-order valence-electron chi connectivity index (χ4n) is 1.67. The highest BCUT2D eigenvalue weighted by Gasteiger charge is 2.19. The quantitative estimate of drug-likeness (QED) is 0.655. The van der Waals surface area contributed by atoms with Gasteiger partial charge in [0.25, 0.3) is 11.4 Å². The van der Waals surface area contributed by atoms with Crippen LogP contribution >= 0.6 is 23.2 Å². The summed E-state index contributed by atoms with van der Waals surface area (Å²) in [5.74, 6) is 0. The summed E-state index contributed by atoms with van der Waals surface area (Å²) in [6, 6.07) is 7.87. The van der Waals surface area contributed by atoms with Gasteiger partial charge in [0.1, 0.15) is 5.69 Å². The van der Waals surface area contributed by atoms with Crippen molar-refractivity contribution in [1.29, 1.82) is 0 Å². The summed E-state index contributed by atoms with van der Waals surface area (Å²) in [6.07, 6.45) is 0. The van der Waals surface area contributed by atoms with E-state index in [-0.39, 0.29) is 11.4 Å². The first-order valence-electron chi connectivity index (χ1n) is 5.53. The van der Waals surface area contributed by atoms with E-state index in [1.807, 2.05) is 0 Å². The SMILES string of the molecule is O=[N+]([O-])c1ccc(Nc2cc(Cl)cc(Cl)c2)c([N+](=O)[O-])c1. The van der Waals surface area contributed by atoms with Crippen LogP contribution in [-0.2, 0) is 0 Å². The lowest BCUT2D eigenvalue weighted by Gasteiger charge is -2.08. The Bertz CT molecular complexity index is 716. The highest BCUT2D eigenvalue weighted by atomic mass is 35.5. The summed E-state index contributed by atoms with van der Waals surface area (Å²) in [6.45, 7) is 0. The van der Waals surface area contributed by atoms with Crippen LogP contribution in [0.25, 0.3) is 0 Å². The Hall–Kier alpha value is -2.38. The fourth-order valence-corrected chi connectivity index (χ4v) is 2.20. The van der Waals surface area contributed by atoms with Crippen LogP contribution in [0.5, 0.6) is 0 Å². The molecule has 9 heteroatoms. The van der Waals surface area contributed by atoms with Gasteiger partial charge in [-0.1, -0.05) is 23.2 Å². The van der Waals surface area contributed by atoms with Crippen molar-refractivity contribution in [2.75, 3.05) is 5.32 Å². The van der Waals surface area contributed by atoms with Crippen LogP contribution in [0.1, 0.15) is 0 Å². The minimum atomic E-state index is -0.707. The normalized spacial score (nSPS) is 10.2. The van der Waals surface area contributed by atoms with Crippen molar-refractivity contribution in [3.8, 4) is 0 Å². The maximum atomic E-state index is 11.0. The molecular formula is C12H7Cl2N3O4. The van der Waals surface area contributed by atoms with E-state index >= 15 is 0 Å². The number of nitrogens with one attached hydrogen (secondary N) is 1. The molecule has 108 valence electrons. The van der Waals surface area contributed by atoms with Gasteiger partial charge in [0.2, 0.25) is 0 Å². The number of nitrogens with zero attached hydrogens (tertiary/aromatic N) is 2. The molecule has 0 atom stereocenters. The van der Waals surface area contributed by atoms with Crippen LogP contribution in [0.2, 0.25) is 10.0 Å². The molecule has 0 fully saturated rings. The van der Waals surface area contributed by atoms with Gasteiger partial charge in [0, 0.05) is 21.8 Å². The average molecular weight is 328 g/mol. The van der Waals surface area contributed by atoms with Gasteiger partial charge in [-0.05, 0) is 24.3 Å². The molecule has 2 rings (SSSR count). The lowest BCUT2D eigenvalue weighted by atomic mass is 10.2. The van der Waals surface area contributed by atoms with E-state index in [9.17, 15) is 20.2 Å². The number of halogens is 2. The third kappa shape index (κ3) is 3.59. The van der Waals surface area contributed by atoms with E-state index < -0.39 is 15.5 Å². The Morgan fingerprint density at radius 3 is 2.05 bits per heavy atom. The number of non-ortho nitro benzene ring substituents is 1. The van der Waals surface area contributed by atoms with E-state index in [0.717, 1.165) is 6.07 Å². The molecule has 0 unspecified atom stereocenters. The number of benzene rings is 2. The molecule has 0 aromatic heterocycles. The van der Waals surface area contributed by atoms with Gasteiger partial charge >= 0.3 is 0 Å². The predicted octanol–water partition coefficient (Wildman–Crippen LogP) is 4.55. The molecule has 2 aromatic carbocycles. The van der Waals surface area contributed by atoms with Crippen molar-refractivity contribution in [2.24, 2.45) is 0 Å². The van der Waals surface area contributed by atoms with E-state index in [0.29, 0.717) is 15.7 Å². The van der Waals surface area contributed by atoms with Crippen LogP contribution in [0.4, 0.5) is 22.7 Å². The zero-order valence-corrected chi connectivity index (χ0v) is 11.8. The van der Waals surface area contributed by atoms with Gasteiger partial charge in [-0.25, -0.2) is 0 Å².